The van der Waals surface area contributed by atoms with Gasteiger partial charge in [0.15, 0.2) is 0 Å². The summed E-state index contributed by atoms with van der Waals surface area (Å²) in [6, 6.07) is 0. The first-order chi connectivity index (χ1) is 13.2. The number of aromatic nitrogens is 3. The van der Waals surface area contributed by atoms with Gasteiger partial charge in [0.1, 0.15) is 0 Å². The van der Waals surface area contributed by atoms with Gasteiger partial charge in [-0.3, -0.25) is 0 Å². The summed E-state index contributed by atoms with van der Waals surface area (Å²) >= 11 is 0. The highest BCUT2D eigenvalue weighted by molar-refractivity contribution is 5.76. The Labute approximate surface area is 170 Å². The minimum atomic E-state index is 0.741. The fraction of sp³-hybridized carbons (Fsp3) is 0.417. The van der Waals surface area contributed by atoms with E-state index in [4.69, 9.17) is 5.73 Å². The average Bonchev–Trinajstić information content (AvgIpc) is 2.98. The number of rotatable bonds is 8. The molecule has 0 spiro atoms. The monoisotopic (exact) mass is 380 g/mol. The Hall–Kier alpha value is -2.62. The van der Waals surface area contributed by atoms with Crippen molar-refractivity contribution in [3.05, 3.63) is 75.8 Å². The van der Waals surface area contributed by atoms with Crippen LogP contribution in [0.2, 0.25) is 0 Å². The third-order valence-corrected chi connectivity index (χ3v) is 4.53. The molecule has 0 aliphatic heterocycles. The lowest BCUT2D eigenvalue weighted by atomic mass is 10.00. The maximum atomic E-state index is 6.55. The highest BCUT2D eigenvalue weighted by atomic mass is 15.4. The molecule has 0 aliphatic rings. The lowest BCUT2D eigenvalue weighted by Gasteiger charge is -2.10. The Morgan fingerprint density at radius 1 is 1.07 bits per heavy atom. The van der Waals surface area contributed by atoms with Crippen molar-refractivity contribution >= 4 is 5.57 Å². The first-order valence-corrected chi connectivity index (χ1v) is 9.95. The van der Waals surface area contributed by atoms with Crippen LogP contribution in [0.1, 0.15) is 65.8 Å². The summed E-state index contributed by atoms with van der Waals surface area (Å²) < 4.78 is 1.81. The molecule has 0 aliphatic carbocycles. The second kappa shape index (κ2) is 11.3. The first-order valence-electron chi connectivity index (χ1n) is 9.95. The van der Waals surface area contributed by atoms with Crippen molar-refractivity contribution in [1.29, 1.82) is 0 Å². The Bertz CT molecular complexity index is 832. The van der Waals surface area contributed by atoms with Crippen LogP contribution in [-0.2, 0) is 7.05 Å². The van der Waals surface area contributed by atoms with Crippen LogP contribution < -0.4 is 5.73 Å². The van der Waals surface area contributed by atoms with Gasteiger partial charge in [0, 0.05) is 18.3 Å². The van der Waals surface area contributed by atoms with Crippen molar-refractivity contribution < 1.29 is 0 Å². The summed E-state index contributed by atoms with van der Waals surface area (Å²) in [5, 5.41) is 8.36. The van der Waals surface area contributed by atoms with Crippen molar-refractivity contribution in [3.8, 4) is 0 Å². The molecule has 4 heteroatoms. The number of nitrogens with two attached hydrogens (primary N) is 1. The van der Waals surface area contributed by atoms with Gasteiger partial charge in [0.2, 0.25) is 0 Å². The summed E-state index contributed by atoms with van der Waals surface area (Å²) in [6.45, 7) is 14.6. The van der Waals surface area contributed by atoms with Crippen LogP contribution in [0.25, 0.3) is 5.57 Å². The molecule has 1 rings (SSSR count). The van der Waals surface area contributed by atoms with Gasteiger partial charge < -0.3 is 5.73 Å². The molecule has 0 aromatic carbocycles. The van der Waals surface area contributed by atoms with E-state index in [9.17, 15) is 0 Å². The quantitative estimate of drug-likeness (QED) is 0.567. The summed E-state index contributed by atoms with van der Waals surface area (Å²) in [7, 11) is 1.91. The second-order valence-electron chi connectivity index (χ2n) is 7.35. The Kier molecular flexibility index (Phi) is 9.43. The van der Waals surface area contributed by atoms with Crippen molar-refractivity contribution in [2.75, 3.05) is 0 Å². The summed E-state index contributed by atoms with van der Waals surface area (Å²) in [5.41, 5.74) is 14.9. The summed E-state index contributed by atoms with van der Waals surface area (Å²) in [5.74, 6) is 0. The molecule has 0 atom stereocenters. The van der Waals surface area contributed by atoms with Crippen LogP contribution in [-0.4, -0.2) is 15.0 Å². The number of allylic oxidation sites excluding steroid dienone is 11. The minimum Gasteiger partial charge on any atom is -0.398 e. The van der Waals surface area contributed by atoms with E-state index in [1.165, 1.54) is 11.1 Å². The standard InChI is InChI=1S/C24H36N4/c1-9-11-12-21(14-13-17(3)4)19(6)23(25)16-22(15-18(5)10-2)24-20(7)26-27-28(24)8/h11-16H,9-10,25H2,1-8H3/b12-11-,18-15-,21-14+,22-16+,23-19-. The molecule has 0 radical (unpaired) electrons. The predicted molar refractivity (Wildman–Crippen MR) is 122 cm³/mol. The first kappa shape index (κ1) is 23.4. The third-order valence-electron chi connectivity index (χ3n) is 4.53. The lowest BCUT2D eigenvalue weighted by Crippen LogP contribution is -2.03. The molecule has 4 nitrogen and oxygen atoms in total. The molecular formula is C24H36N4. The molecule has 0 saturated heterocycles. The van der Waals surface area contributed by atoms with E-state index >= 15 is 0 Å². The molecule has 1 heterocycles. The number of aryl methyl sites for hydroxylation is 2. The van der Waals surface area contributed by atoms with E-state index in [0.717, 1.165) is 46.6 Å². The highest BCUT2D eigenvalue weighted by Gasteiger charge is 2.12. The SMILES string of the molecule is CC\C=C/C(=C\C=C(C)C)C(/C)=C(N)/C=C(\C=C(\C)CC)c1c(C)nnn1C. The van der Waals surface area contributed by atoms with E-state index in [0.29, 0.717) is 0 Å². The van der Waals surface area contributed by atoms with Gasteiger partial charge in [-0.1, -0.05) is 60.6 Å². The van der Waals surface area contributed by atoms with Gasteiger partial charge >= 0.3 is 0 Å². The largest absolute Gasteiger partial charge is 0.398 e. The smallest absolute Gasteiger partial charge is 0.0912 e. The number of hydrogen-bond donors (Lipinski definition) is 1. The number of hydrogen-bond acceptors (Lipinski definition) is 3. The average molecular weight is 381 g/mol. The molecular weight excluding hydrogens is 344 g/mol. The van der Waals surface area contributed by atoms with Gasteiger partial charge in [-0.25, -0.2) is 4.68 Å². The molecule has 0 amide bonds. The normalized spacial score (nSPS) is 14.5. The summed E-state index contributed by atoms with van der Waals surface area (Å²) in [4.78, 5) is 0. The maximum Gasteiger partial charge on any atom is 0.0912 e. The van der Waals surface area contributed by atoms with Gasteiger partial charge in [-0.15, -0.1) is 5.10 Å². The van der Waals surface area contributed by atoms with Crippen LogP contribution in [0.4, 0.5) is 0 Å². The van der Waals surface area contributed by atoms with Gasteiger partial charge in [0.25, 0.3) is 0 Å². The fourth-order valence-corrected chi connectivity index (χ4v) is 2.65. The minimum absolute atomic E-state index is 0.741. The topological polar surface area (TPSA) is 56.7 Å². The zero-order chi connectivity index (χ0) is 21.3. The zero-order valence-corrected chi connectivity index (χ0v) is 18.8. The number of nitrogens with zero attached hydrogens (tertiary/aromatic N) is 3. The van der Waals surface area contributed by atoms with Crippen molar-refractivity contribution in [3.63, 3.8) is 0 Å². The predicted octanol–water partition coefficient (Wildman–Crippen LogP) is 5.95. The highest BCUT2D eigenvalue weighted by Crippen LogP contribution is 2.24. The Morgan fingerprint density at radius 3 is 2.25 bits per heavy atom. The van der Waals surface area contributed by atoms with E-state index in [-0.39, 0.29) is 0 Å². The summed E-state index contributed by atoms with van der Waals surface area (Å²) in [6.07, 6.45) is 14.7. The van der Waals surface area contributed by atoms with Crippen molar-refractivity contribution in [1.82, 2.24) is 15.0 Å². The molecule has 0 saturated carbocycles. The van der Waals surface area contributed by atoms with Gasteiger partial charge in [-0.05, 0) is 64.7 Å². The molecule has 0 fully saturated rings. The molecule has 0 bridgehead atoms. The molecule has 1 aromatic rings. The van der Waals surface area contributed by atoms with E-state index in [2.05, 4.69) is 82.2 Å². The molecule has 1 aromatic heterocycles. The van der Waals surface area contributed by atoms with E-state index < -0.39 is 0 Å². The molecule has 2 N–H and O–H groups in total. The maximum absolute atomic E-state index is 6.55. The van der Waals surface area contributed by atoms with Gasteiger partial charge in [-0.2, -0.15) is 0 Å². The lowest BCUT2D eigenvalue weighted by molar-refractivity contribution is 0.707. The Balaban J connectivity index is 3.59. The van der Waals surface area contributed by atoms with Crippen molar-refractivity contribution in [2.45, 2.75) is 61.3 Å². The Morgan fingerprint density at radius 2 is 1.75 bits per heavy atom. The zero-order valence-electron chi connectivity index (χ0n) is 18.8. The van der Waals surface area contributed by atoms with Crippen LogP contribution >= 0.6 is 0 Å². The van der Waals surface area contributed by atoms with Gasteiger partial charge in [0.05, 0.1) is 11.4 Å². The van der Waals surface area contributed by atoms with Crippen LogP contribution in [0, 0.1) is 6.92 Å². The van der Waals surface area contributed by atoms with Crippen LogP contribution in [0.3, 0.4) is 0 Å². The molecule has 152 valence electrons. The van der Waals surface area contributed by atoms with Crippen LogP contribution in [0.15, 0.2) is 64.4 Å². The van der Waals surface area contributed by atoms with Crippen LogP contribution in [0.5, 0.6) is 0 Å². The second-order valence-corrected chi connectivity index (χ2v) is 7.35. The van der Waals surface area contributed by atoms with Crippen molar-refractivity contribution in [2.24, 2.45) is 12.8 Å². The fourth-order valence-electron chi connectivity index (χ4n) is 2.65. The van der Waals surface area contributed by atoms with E-state index in [1.54, 1.807) is 4.68 Å². The van der Waals surface area contributed by atoms with E-state index in [1.807, 2.05) is 20.0 Å². The molecule has 0 unspecified atom stereocenters. The molecule has 28 heavy (non-hydrogen) atoms. The third kappa shape index (κ3) is 6.84.